The van der Waals surface area contributed by atoms with Crippen molar-refractivity contribution in [1.29, 1.82) is 0 Å². The van der Waals surface area contributed by atoms with Gasteiger partial charge in [0.15, 0.2) is 0 Å². The van der Waals surface area contributed by atoms with Gasteiger partial charge in [-0.3, -0.25) is 4.79 Å². The lowest BCUT2D eigenvalue weighted by atomic mass is 10.0. The monoisotopic (exact) mass is 240 g/mol. The maximum absolute atomic E-state index is 11.8. The lowest BCUT2D eigenvalue weighted by Gasteiger charge is -2.25. The molecule has 0 aliphatic carbocycles. The summed E-state index contributed by atoms with van der Waals surface area (Å²) in [6, 6.07) is 0.337. The molecule has 0 aromatic carbocycles. The van der Waals surface area contributed by atoms with Crippen LogP contribution in [0.2, 0.25) is 0 Å². The van der Waals surface area contributed by atoms with Gasteiger partial charge in [0.2, 0.25) is 5.91 Å². The molecule has 0 spiro atoms. The molecule has 98 valence electrons. The molecule has 0 aromatic rings. The fourth-order valence-electron chi connectivity index (χ4n) is 2.60. The Morgan fingerprint density at radius 2 is 2.24 bits per heavy atom. The SMILES string of the molecule is O=C(CCC1CCCCO1)NC1CCCNC1. The van der Waals surface area contributed by atoms with Crippen LogP contribution in [0.15, 0.2) is 0 Å². The standard InChI is InChI=1S/C13H24N2O2/c16-13(15-11-4-3-8-14-10-11)7-6-12-5-1-2-9-17-12/h11-12,14H,1-10H2,(H,15,16). The average molecular weight is 240 g/mol. The van der Waals surface area contributed by atoms with E-state index in [1.54, 1.807) is 0 Å². The summed E-state index contributed by atoms with van der Waals surface area (Å²) in [4.78, 5) is 11.8. The summed E-state index contributed by atoms with van der Waals surface area (Å²) in [5.74, 6) is 0.188. The number of amides is 1. The van der Waals surface area contributed by atoms with E-state index in [0.29, 0.717) is 18.6 Å². The number of carbonyl (C=O) groups excluding carboxylic acids is 1. The summed E-state index contributed by atoms with van der Waals surface area (Å²) < 4.78 is 5.63. The second kappa shape index (κ2) is 6.97. The lowest BCUT2D eigenvalue weighted by molar-refractivity contribution is -0.122. The molecule has 4 heteroatoms. The van der Waals surface area contributed by atoms with Gasteiger partial charge < -0.3 is 15.4 Å². The highest BCUT2D eigenvalue weighted by atomic mass is 16.5. The number of hydrogen-bond donors (Lipinski definition) is 2. The molecule has 0 bridgehead atoms. The van der Waals surface area contributed by atoms with Crippen molar-refractivity contribution in [2.75, 3.05) is 19.7 Å². The summed E-state index contributed by atoms with van der Waals surface area (Å²) in [6.45, 7) is 2.88. The summed E-state index contributed by atoms with van der Waals surface area (Å²) in [6.07, 6.45) is 7.63. The normalized spacial score (nSPS) is 29.9. The molecule has 17 heavy (non-hydrogen) atoms. The first kappa shape index (κ1) is 12.8. The number of rotatable bonds is 4. The van der Waals surface area contributed by atoms with Crippen LogP contribution < -0.4 is 10.6 Å². The molecular weight excluding hydrogens is 216 g/mol. The van der Waals surface area contributed by atoms with E-state index in [4.69, 9.17) is 4.74 Å². The fraction of sp³-hybridized carbons (Fsp3) is 0.923. The summed E-state index contributed by atoms with van der Waals surface area (Å²) in [7, 11) is 0. The molecule has 2 atom stereocenters. The van der Waals surface area contributed by atoms with Gasteiger partial charge >= 0.3 is 0 Å². The van der Waals surface area contributed by atoms with Crippen LogP contribution in [0.1, 0.15) is 44.9 Å². The second-order valence-corrected chi connectivity index (χ2v) is 5.14. The van der Waals surface area contributed by atoms with Crippen LogP contribution in [0.3, 0.4) is 0 Å². The smallest absolute Gasteiger partial charge is 0.220 e. The fourth-order valence-corrected chi connectivity index (χ4v) is 2.60. The zero-order valence-electron chi connectivity index (χ0n) is 10.5. The van der Waals surface area contributed by atoms with Crippen LogP contribution in [0.25, 0.3) is 0 Å². The van der Waals surface area contributed by atoms with E-state index in [1.807, 2.05) is 0 Å². The molecule has 2 N–H and O–H groups in total. The van der Waals surface area contributed by atoms with Crippen molar-refractivity contribution in [2.24, 2.45) is 0 Å². The van der Waals surface area contributed by atoms with E-state index in [9.17, 15) is 4.79 Å². The van der Waals surface area contributed by atoms with Gasteiger partial charge in [0, 0.05) is 25.6 Å². The highest BCUT2D eigenvalue weighted by Gasteiger charge is 2.18. The maximum Gasteiger partial charge on any atom is 0.220 e. The predicted molar refractivity (Wildman–Crippen MR) is 66.9 cm³/mol. The van der Waals surface area contributed by atoms with Crippen molar-refractivity contribution >= 4 is 5.91 Å². The van der Waals surface area contributed by atoms with Gasteiger partial charge in [0.1, 0.15) is 0 Å². The van der Waals surface area contributed by atoms with Crippen molar-refractivity contribution in [3.8, 4) is 0 Å². The van der Waals surface area contributed by atoms with Crippen molar-refractivity contribution in [1.82, 2.24) is 10.6 Å². The average Bonchev–Trinajstić information content (AvgIpc) is 2.39. The number of ether oxygens (including phenoxy) is 1. The van der Waals surface area contributed by atoms with Gasteiger partial charge in [-0.15, -0.1) is 0 Å². The first-order valence-corrected chi connectivity index (χ1v) is 6.96. The molecule has 2 rings (SSSR count). The summed E-state index contributed by atoms with van der Waals surface area (Å²) in [5.41, 5.74) is 0. The second-order valence-electron chi connectivity index (χ2n) is 5.14. The van der Waals surface area contributed by atoms with Crippen LogP contribution >= 0.6 is 0 Å². The van der Waals surface area contributed by atoms with Gasteiger partial charge in [-0.05, 0) is 45.1 Å². The van der Waals surface area contributed by atoms with Crippen LogP contribution in [-0.4, -0.2) is 37.7 Å². The molecule has 2 fully saturated rings. The Morgan fingerprint density at radius 3 is 2.94 bits per heavy atom. The Hall–Kier alpha value is -0.610. The number of piperidine rings is 1. The van der Waals surface area contributed by atoms with E-state index in [0.717, 1.165) is 45.4 Å². The van der Waals surface area contributed by atoms with Gasteiger partial charge in [-0.25, -0.2) is 0 Å². The molecule has 1 amide bonds. The number of carbonyl (C=O) groups is 1. The molecule has 2 heterocycles. The van der Waals surface area contributed by atoms with Gasteiger partial charge in [0.05, 0.1) is 6.10 Å². The first-order valence-electron chi connectivity index (χ1n) is 6.96. The molecule has 2 aliphatic rings. The third-order valence-electron chi connectivity index (χ3n) is 3.63. The zero-order valence-corrected chi connectivity index (χ0v) is 10.5. The molecule has 0 aromatic heterocycles. The number of hydrogen-bond acceptors (Lipinski definition) is 3. The molecule has 2 aliphatic heterocycles. The van der Waals surface area contributed by atoms with Crippen molar-refractivity contribution in [3.63, 3.8) is 0 Å². The van der Waals surface area contributed by atoms with Crippen LogP contribution in [-0.2, 0) is 9.53 Å². The minimum atomic E-state index is 0.188. The van der Waals surface area contributed by atoms with Crippen LogP contribution in [0.5, 0.6) is 0 Å². The van der Waals surface area contributed by atoms with Gasteiger partial charge in [-0.1, -0.05) is 0 Å². The van der Waals surface area contributed by atoms with E-state index < -0.39 is 0 Å². The van der Waals surface area contributed by atoms with Crippen molar-refractivity contribution < 1.29 is 9.53 Å². The van der Waals surface area contributed by atoms with Crippen molar-refractivity contribution in [3.05, 3.63) is 0 Å². The number of nitrogens with one attached hydrogen (secondary N) is 2. The summed E-state index contributed by atoms with van der Waals surface area (Å²) in [5, 5.41) is 6.41. The molecule has 0 radical (unpaired) electrons. The van der Waals surface area contributed by atoms with Gasteiger partial charge in [0.25, 0.3) is 0 Å². The molecule has 2 saturated heterocycles. The molecule has 0 saturated carbocycles. The third kappa shape index (κ3) is 4.64. The Labute approximate surface area is 103 Å². The van der Waals surface area contributed by atoms with Crippen LogP contribution in [0, 0.1) is 0 Å². The predicted octanol–water partition coefficient (Wildman–Crippen LogP) is 1.20. The quantitative estimate of drug-likeness (QED) is 0.776. The largest absolute Gasteiger partial charge is 0.378 e. The lowest BCUT2D eigenvalue weighted by Crippen LogP contribution is -2.45. The van der Waals surface area contributed by atoms with Crippen molar-refractivity contribution in [2.45, 2.75) is 57.1 Å². The Morgan fingerprint density at radius 1 is 1.29 bits per heavy atom. The van der Waals surface area contributed by atoms with E-state index in [-0.39, 0.29) is 5.91 Å². The summed E-state index contributed by atoms with van der Waals surface area (Å²) >= 11 is 0. The van der Waals surface area contributed by atoms with E-state index in [1.165, 1.54) is 12.8 Å². The molecule has 4 nitrogen and oxygen atoms in total. The Balaban J connectivity index is 1.59. The maximum atomic E-state index is 11.8. The minimum absolute atomic E-state index is 0.188. The Kier molecular flexibility index (Phi) is 5.26. The highest BCUT2D eigenvalue weighted by Crippen LogP contribution is 2.16. The topological polar surface area (TPSA) is 50.4 Å². The third-order valence-corrected chi connectivity index (χ3v) is 3.63. The molecule has 2 unspecified atom stereocenters. The zero-order chi connectivity index (χ0) is 11.9. The highest BCUT2D eigenvalue weighted by molar-refractivity contribution is 5.76. The Bertz CT molecular complexity index is 234. The first-order chi connectivity index (χ1) is 8.34. The van der Waals surface area contributed by atoms with Crippen LogP contribution in [0.4, 0.5) is 0 Å². The van der Waals surface area contributed by atoms with E-state index in [2.05, 4.69) is 10.6 Å². The van der Waals surface area contributed by atoms with Gasteiger partial charge in [-0.2, -0.15) is 0 Å². The molecular formula is C13H24N2O2. The minimum Gasteiger partial charge on any atom is -0.378 e. The van der Waals surface area contributed by atoms with E-state index >= 15 is 0 Å².